The first-order valence-corrected chi connectivity index (χ1v) is 4.96. The van der Waals surface area contributed by atoms with Gasteiger partial charge in [-0.1, -0.05) is 0 Å². The molecule has 0 aliphatic rings. The van der Waals surface area contributed by atoms with Crippen molar-refractivity contribution in [1.82, 2.24) is 0 Å². The monoisotopic (exact) mass is 233 g/mol. The molecule has 0 spiro atoms. The Morgan fingerprint density at radius 2 is 2.12 bits per heavy atom. The highest BCUT2D eigenvalue weighted by molar-refractivity contribution is 6.05. The lowest BCUT2D eigenvalue weighted by Gasteiger charge is -2.06. The fourth-order valence-corrected chi connectivity index (χ4v) is 1.67. The number of methoxy groups -OCH3 is 1. The number of nitrogens with two attached hydrogens (primary N) is 1. The maximum absolute atomic E-state index is 11.6. The minimum Gasteiger partial charge on any atom is -0.497 e. The van der Waals surface area contributed by atoms with E-state index in [9.17, 15) is 9.59 Å². The molecule has 0 saturated heterocycles. The summed E-state index contributed by atoms with van der Waals surface area (Å²) in [5, 5.41) is 0.524. The minimum absolute atomic E-state index is 0.109. The lowest BCUT2D eigenvalue weighted by molar-refractivity contribution is 0.101. The molecule has 0 amide bonds. The van der Waals surface area contributed by atoms with Crippen LogP contribution in [-0.4, -0.2) is 12.9 Å². The Morgan fingerprint density at radius 1 is 1.41 bits per heavy atom. The van der Waals surface area contributed by atoms with Crippen molar-refractivity contribution in [3.63, 3.8) is 0 Å². The third kappa shape index (κ3) is 1.75. The number of hydrogen-bond acceptors (Lipinski definition) is 5. The predicted octanol–water partition coefficient (Wildman–Crippen LogP) is 1.59. The zero-order valence-corrected chi connectivity index (χ0v) is 9.44. The van der Waals surface area contributed by atoms with Gasteiger partial charge in [-0.2, -0.15) is 0 Å². The van der Waals surface area contributed by atoms with E-state index in [2.05, 4.69) is 0 Å². The van der Waals surface area contributed by atoms with Gasteiger partial charge in [-0.3, -0.25) is 4.79 Å². The first kappa shape index (κ1) is 11.2. The Labute approximate surface area is 96.8 Å². The molecule has 0 saturated carbocycles. The van der Waals surface area contributed by atoms with E-state index in [0.29, 0.717) is 16.7 Å². The van der Waals surface area contributed by atoms with Crippen LogP contribution in [0.25, 0.3) is 11.0 Å². The van der Waals surface area contributed by atoms with E-state index >= 15 is 0 Å². The Balaban J connectivity index is 2.86. The molecule has 2 N–H and O–H groups in total. The summed E-state index contributed by atoms with van der Waals surface area (Å²) in [5.74, 6) is 0.143. The van der Waals surface area contributed by atoms with Gasteiger partial charge in [0.2, 0.25) is 0 Å². The molecule has 0 radical (unpaired) electrons. The van der Waals surface area contributed by atoms with Crippen molar-refractivity contribution >= 4 is 22.4 Å². The Morgan fingerprint density at radius 3 is 2.71 bits per heavy atom. The average Bonchev–Trinajstić information content (AvgIpc) is 2.27. The van der Waals surface area contributed by atoms with Crippen LogP contribution in [-0.2, 0) is 0 Å². The third-order valence-corrected chi connectivity index (χ3v) is 2.51. The fraction of sp³-hybridized carbons (Fsp3) is 0.167. The molecule has 2 aromatic rings. The van der Waals surface area contributed by atoms with E-state index in [1.807, 2.05) is 0 Å². The fourth-order valence-electron chi connectivity index (χ4n) is 1.67. The van der Waals surface area contributed by atoms with Crippen molar-refractivity contribution < 1.29 is 13.9 Å². The highest BCUT2D eigenvalue weighted by Crippen LogP contribution is 2.26. The third-order valence-electron chi connectivity index (χ3n) is 2.51. The molecule has 1 heterocycles. The van der Waals surface area contributed by atoms with Crippen LogP contribution in [0.4, 0.5) is 5.69 Å². The van der Waals surface area contributed by atoms with Gasteiger partial charge in [0.1, 0.15) is 16.9 Å². The number of carbonyl (C=O) groups excluding carboxylic acids is 1. The SMILES string of the molecule is COc1ccc2c(N)c(C(C)=O)c(=O)oc2c1. The van der Waals surface area contributed by atoms with Gasteiger partial charge in [0.25, 0.3) is 0 Å². The number of ketones is 1. The molecule has 0 atom stereocenters. The molecular formula is C12H11NO4. The van der Waals surface area contributed by atoms with Crippen molar-refractivity contribution in [2.24, 2.45) is 0 Å². The van der Waals surface area contributed by atoms with E-state index in [1.165, 1.54) is 14.0 Å². The molecule has 0 aliphatic carbocycles. The molecule has 0 bridgehead atoms. The standard InChI is InChI=1S/C12H11NO4/c1-6(14)10-11(13)8-4-3-7(16-2)5-9(8)17-12(10)15/h3-5H,13H2,1-2H3. The van der Waals surface area contributed by atoms with E-state index in [-0.39, 0.29) is 11.3 Å². The molecule has 0 unspecified atom stereocenters. The quantitative estimate of drug-likeness (QED) is 0.629. The molecule has 0 aliphatic heterocycles. The van der Waals surface area contributed by atoms with Crippen LogP contribution >= 0.6 is 0 Å². The van der Waals surface area contributed by atoms with Crippen LogP contribution in [0.15, 0.2) is 27.4 Å². The van der Waals surface area contributed by atoms with Gasteiger partial charge in [-0.15, -0.1) is 0 Å². The zero-order valence-electron chi connectivity index (χ0n) is 9.44. The maximum atomic E-state index is 11.6. The number of rotatable bonds is 2. The van der Waals surface area contributed by atoms with Crippen LogP contribution in [0.1, 0.15) is 17.3 Å². The van der Waals surface area contributed by atoms with Crippen LogP contribution in [0.3, 0.4) is 0 Å². The second-order valence-corrected chi connectivity index (χ2v) is 3.60. The smallest absolute Gasteiger partial charge is 0.349 e. The lowest BCUT2D eigenvalue weighted by atomic mass is 10.1. The van der Waals surface area contributed by atoms with Crippen molar-refractivity contribution in [3.8, 4) is 5.75 Å². The summed E-state index contributed by atoms with van der Waals surface area (Å²) >= 11 is 0. The van der Waals surface area contributed by atoms with E-state index < -0.39 is 11.4 Å². The first-order valence-electron chi connectivity index (χ1n) is 4.96. The largest absolute Gasteiger partial charge is 0.497 e. The van der Waals surface area contributed by atoms with Gasteiger partial charge in [0.05, 0.1) is 12.8 Å². The molecule has 0 fully saturated rings. The normalized spacial score (nSPS) is 10.5. The predicted molar refractivity (Wildman–Crippen MR) is 63.5 cm³/mol. The Hall–Kier alpha value is -2.30. The zero-order chi connectivity index (χ0) is 12.6. The highest BCUT2D eigenvalue weighted by atomic mass is 16.5. The summed E-state index contributed by atoms with van der Waals surface area (Å²) in [7, 11) is 1.51. The van der Waals surface area contributed by atoms with E-state index in [1.54, 1.807) is 18.2 Å². The summed E-state index contributed by atoms with van der Waals surface area (Å²) in [6.07, 6.45) is 0. The van der Waals surface area contributed by atoms with Crippen LogP contribution < -0.4 is 16.1 Å². The van der Waals surface area contributed by atoms with E-state index in [0.717, 1.165) is 0 Å². The second kappa shape index (κ2) is 3.93. The van der Waals surface area contributed by atoms with Gasteiger partial charge >= 0.3 is 5.63 Å². The second-order valence-electron chi connectivity index (χ2n) is 3.60. The number of Topliss-reactive ketones (excluding diaryl/α,β-unsaturated/α-hetero) is 1. The molecule has 5 heteroatoms. The number of anilines is 1. The van der Waals surface area contributed by atoms with Crippen LogP contribution in [0.2, 0.25) is 0 Å². The maximum Gasteiger partial charge on any atom is 0.349 e. The van der Waals surface area contributed by atoms with Crippen LogP contribution in [0.5, 0.6) is 5.75 Å². The van der Waals surface area contributed by atoms with Gasteiger partial charge in [-0.25, -0.2) is 4.79 Å². The van der Waals surface area contributed by atoms with Crippen LogP contribution in [0, 0.1) is 0 Å². The molecule has 88 valence electrons. The molecule has 5 nitrogen and oxygen atoms in total. The topological polar surface area (TPSA) is 82.5 Å². The summed E-state index contributed by atoms with van der Waals surface area (Å²) < 4.78 is 10.1. The number of benzene rings is 1. The number of hydrogen-bond donors (Lipinski definition) is 1. The number of ether oxygens (including phenoxy) is 1. The van der Waals surface area contributed by atoms with E-state index in [4.69, 9.17) is 14.9 Å². The van der Waals surface area contributed by atoms with Crippen molar-refractivity contribution in [3.05, 3.63) is 34.2 Å². The molecule has 1 aromatic carbocycles. The number of fused-ring (bicyclic) bond motifs is 1. The van der Waals surface area contributed by atoms with Crippen molar-refractivity contribution in [2.75, 3.05) is 12.8 Å². The summed E-state index contributed by atoms with van der Waals surface area (Å²) in [6.45, 7) is 1.28. The van der Waals surface area contributed by atoms with Gasteiger partial charge in [-0.05, 0) is 19.1 Å². The molecule has 2 rings (SSSR count). The van der Waals surface area contributed by atoms with Gasteiger partial charge in [0, 0.05) is 11.5 Å². The highest BCUT2D eigenvalue weighted by Gasteiger charge is 2.16. The first-order chi connectivity index (χ1) is 8.04. The number of carbonyl (C=O) groups is 1. The Bertz CT molecular complexity index is 657. The van der Waals surface area contributed by atoms with Gasteiger partial charge in [0.15, 0.2) is 5.78 Å². The summed E-state index contributed by atoms with van der Waals surface area (Å²) in [5.41, 5.74) is 5.40. The minimum atomic E-state index is -0.726. The molecular weight excluding hydrogens is 222 g/mol. The number of nitrogen functional groups attached to an aromatic ring is 1. The molecule has 17 heavy (non-hydrogen) atoms. The van der Waals surface area contributed by atoms with Crippen molar-refractivity contribution in [2.45, 2.75) is 6.92 Å². The molecule has 1 aromatic heterocycles. The Kier molecular flexibility index (Phi) is 2.59. The average molecular weight is 233 g/mol. The summed E-state index contributed by atoms with van der Waals surface area (Å²) in [4.78, 5) is 22.9. The lowest BCUT2D eigenvalue weighted by Crippen LogP contribution is -2.15. The van der Waals surface area contributed by atoms with Gasteiger partial charge < -0.3 is 14.9 Å². The summed E-state index contributed by atoms with van der Waals surface area (Å²) in [6, 6.07) is 4.89. The van der Waals surface area contributed by atoms with Crippen molar-refractivity contribution in [1.29, 1.82) is 0 Å².